The van der Waals surface area contributed by atoms with Crippen molar-refractivity contribution >= 4 is 28.1 Å². The van der Waals surface area contributed by atoms with Gasteiger partial charge in [-0.3, -0.25) is 10.1 Å². The van der Waals surface area contributed by atoms with Crippen LogP contribution in [0.4, 0.5) is 10.1 Å². The van der Waals surface area contributed by atoms with Crippen molar-refractivity contribution in [1.82, 2.24) is 9.62 Å². The molecule has 1 fully saturated rings. The van der Waals surface area contributed by atoms with Crippen LogP contribution in [0.3, 0.4) is 0 Å². The van der Waals surface area contributed by atoms with Crippen LogP contribution in [0.2, 0.25) is 0 Å². The first kappa shape index (κ1) is 20.6. The molecule has 24 heavy (non-hydrogen) atoms. The molecule has 0 aliphatic carbocycles. The molecule has 0 spiro atoms. The Morgan fingerprint density at radius 2 is 1.96 bits per heavy atom. The van der Waals surface area contributed by atoms with E-state index < -0.39 is 37.1 Å². The van der Waals surface area contributed by atoms with E-state index in [1.807, 2.05) is 0 Å². The first-order chi connectivity index (χ1) is 10.8. The highest BCUT2D eigenvalue weighted by Gasteiger charge is 2.32. The number of nitro benzene ring substituents is 1. The van der Waals surface area contributed by atoms with Crippen molar-refractivity contribution in [3.63, 3.8) is 0 Å². The molecule has 1 aliphatic rings. The molecule has 0 saturated carbocycles. The van der Waals surface area contributed by atoms with Gasteiger partial charge in [0, 0.05) is 19.2 Å². The zero-order chi connectivity index (χ0) is 17.2. The quantitative estimate of drug-likeness (QED) is 0.611. The average molecular weight is 384 g/mol. The van der Waals surface area contributed by atoms with E-state index in [4.69, 9.17) is 0 Å². The number of benzene rings is 1. The molecule has 1 N–H and O–H groups in total. The lowest BCUT2D eigenvalue weighted by Gasteiger charge is -2.30. The predicted octanol–water partition coefficient (Wildman–Crippen LogP) is 1.54. The van der Waals surface area contributed by atoms with Crippen molar-refractivity contribution in [1.29, 1.82) is 0 Å². The van der Waals surface area contributed by atoms with Crippen LogP contribution in [0.1, 0.15) is 12.8 Å². The van der Waals surface area contributed by atoms with E-state index in [1.54, 1.807) is 0 Å². The lowest BCUT2D eigenvalue weighted by Crippen LogP contribution is -2.43. The Morgan fingerprint density at radius 1 is 1.38 bits per heavy atom. The minimum Gasteiger partial charge on any atom is -0.488 e. The molecule has 0 atom stereocenters. The molecule has 0 unspecified atom stereocenters. The number of nitrogens with one attached hydrogen (secondary N) is 1. The summed E-state index contributed by atoms with van der Waals surface area (Å²) in [5.41, 5.74) is -0.718. The number of hydrogen-bond donors (Lipinski definition) is 1. The molecule has 8 nitrogen and oxygen atoms in total. The van der Waals surface area contributed by atoms with Crippen LogP contribution in [0.5, 0.6) is 5.75 Å². The largest absolute Gasteiger partial charge is 0.488 e. The van der Waals surface area contributed by atoms with Gasteiger partial charge in [0.05, 0.1) is 16.9 Å². The maximum Gasteiger partial charge on any atom is 0.315 e. The molecule has 1 saturated heterocycles. The first-order valence-electron chi connectivity index (χ1n) is 6.99. The van der Waals surface area contributed by atoms with Gasteiger partial charge in [-0.2, -0.15) is 4.31 Å². The van der Waals surface area contributed by atoms with Gasteiger partial charge in [-0.25, -0.2) is 12.8 Å². The highest BCUT2D eigenvalue weighted by molar-refractivity contribution is 7.89. The van der Waals surface area contributed by atoms with Gasteiger partial charge in [0.15, 0.2) is 5.82 Å². The van der Waals surface area contributed by atoms with Crippen LogP contribution < -0.4 is 10.1 Å². The van der Waals surface area contributed by atoms with Crippen molar-refractivity contribution in [2.24, 2.45) is 0 Å². The van der Waals surface area contributed by atoms with E-state index in [0.29, 0.717) is 25.9 Å². The zero-order valence-electron chi connectivity index (χ0n) is 13.2. The van der Waals surface area contributed by atoms with Crippen LogP contribution >= 0.6 is 12.4 Å². The first-order valence-corrected chi connectivity index (χ1v) is 8.43. The summed E-state index contributed by atoms with van der Waals surface area (Å²) < 4.78 is 45.1. The normalized spacial score (nSPS) is 15.8. The number of halogens is 2. The third-order valence-corrected chi connectivity index (χ3v) is 5.79. The van der Waals surface area contributed by atoms with Crippen molar-refractivity contribution in [2.45, 2.75) is 23.8 Å². The van der Waals surface area contributed by atoms with Gasteiger partial charge in [0.2, 0.25) is 15.8 Å². The molecule has 2 rings (SSSR count). The highest BCUT2D eigenvalue weighted by atomic mass is 35.5. The third-order valence-electron chi connectivity index (χ3n) is 3.90. The fourth-order valence-electron chi connectivity index (χ4n) is 2.57. The third kappa shape index (κ3) is 3.94. The summed E-state index contributed by atoms with van der Waals surface area (Å²) in [6, 6.07) is 1.35. The minimum atomic E-state index is -4.04. The molecule has 1 aromatic carbocycles. The van der Waals surface area contributed by atoms with Crippen molar-refractivity contribution in [2.75, 3.05) is 27.2 Å². The summed E-state index contributed by atoms with van der Waals surface area (Å²) in [7, 11) is -1.55. The minimum absolute atomic E-state index is 0. The van der Waals surface area contributed by atoms with Gasteiger partial charge >= 0.3 is 5.69 Å². The van der Waals surface area contributed by atoms with E-state index in [1.165, 1.54) is 7.05 Å². The highest BCUT2D eigenvalue weighted by Crippen LogP contribution is 2.34. The Labute approximate surface area is 145 Å². The van der Waals surface area contributed by atoms with Gasteiger partial charge in [0.25, 0.3) is 0 Å². The van der Waals surface area contributed by atoms with Crippen LogP contribution in [-0.2, 0) is 10.0 Å². The Balaban J connectivity index is 0.00000288. The summed E-state index contributed by atoms with van der Waals surface area (Å²) in [4.78, 5) is 9.70. The number of methoxy groups -OCH3 is 1. The van der Waals surface area contributed by atoms with E-state index in [0.717, 1.165) is 23.5 Å². The molecule has 0 aromatic heterocycles. The van der Waals surface area contributed by atoms with Crippen LogP contribution in [-0.4, -0.2) is 50.9 Å². The second kappa shape index (κ2) is 8.06. The average Bonchev–Trinajstić information content (AvgIpc) is 2.53. The fraction of sp³-hybridized carbons (Fsp3) is 0.538. The Kier molecular flexibility index (Phi) is 6.90. The molecule has 0 radical (unpaired) electrons. The number of nitro groups is 1. The molecule has 136 valence electrons. The monoisotopic (exact) mass is 383 g/mol. The van der Waals surface area contributed by atoms with E-state index in [-0.39, 0.29) is 18.4 Å². The molecular formula is C13H19ClFN3O5S. The number of nitrogens with zero attached hydrogens (tertiary/aromatic N) is 2. The molecule has 11 heteroatoms. The van der Waals surface area contributed by atoms with Gasteiger partial charge in [-0.15, -0.1) is 12.4 Å². The van der Waals surface area contributed by atoms with E-state index in [9.17, 15) is 22.9 Å². The summed E-state index contributed by atoms with van der Waals surface area (Å²) in [6.07, 6.45) is 1.24. The number of hydrogen-bond acceptors (Lipinski definition) is 6. The Bertz CT molecular complexity index is 710. The molecule has 0 amide bonds. The molecule has 1 aliphatic heterocycles. The summed E-state index contributed by atoms with van der Waals surface area (Å²) in [5.74, 6) is -1.67. The summed E-state index contributed by atoms with van der Waals surface area (Å²) in [6.45, 7) is 1.36. The Hall–Kier alpha value is -1.49. The number of sulfonamides is 1. The predicted molar refractivity (Wildman–Crippen MR) is 87.7 cm³/mol. The number of rotatable bonds is 5. The molecule has 1 aromatic rings. The molecule has 0 bridgehead atoms. The van der Waals surface area contributed by atoms with Crippen molar-refractivity contribution < 1.29 is 22.5 Å². The SMILES string of the molecule is COc1c(F)cc(S(=O)(=O)N(C)C2CCNCC2)cc1[N+](=O)[O-].Cl. The summed E-state index contributed by atoms with van der Waals surface area (Å²) in [5, 5.41) is 14.1. The lowest BCUT2D eigenvalue weighted by molar-refractivity contribution is -0.386. The van der Waals surface area contributed by atoms with Crippen molar-refractivity contribution in [3.8, 4) is 5.75 Å². The van der Waals surface area contributed by atoms with Gasteiger partial charge in [-0.1, -0.05) is 0 Å². The van der Waals surface area contributed by atoms with Gasteiger partial charge in [-0.05, 0) is 32.0 Å². The van der Waals surface area contributed by atoms with Crippen molar-refractivity contribution in [3.05, 3.63) is 28.1 Å². The molecular weight excluding hydrogens is 365 g/mol. The number of ether oxygens (including phenoxy) is 1. The second-order valence-electron chi connectivity index (χ2n) is 5.22. The summed E-state index contributed by atoms with van der Waals surface area (Å²) >= 11 is 0. The van der Waals surface area contributed by atoms with Crippen LogP contribution in [0, 0.1) is 15.9 Å². The molecule has 1 heterocycles. The standard InChI is InChI=1S/C13H18FN3O5S.ClH/c1-16(9-3-5-15-6-4-9)23(20,21)10-7-11(14)13(22-2)12(8-10)17(18)19;/h7-9,15H,3-6H2,1-2H3;1H. The zero-order valence-corrected chi connectivity index (χ0v) is 14.8. The van der Waals surface area contributed by atoms with Gasteiger partial charge < -0.3 is 10.1 Å². The lowest BCUT2D eigenvalue weighted by atomic mass is 10.1. The smallest absolute Gasteiger partial charge is 0.315 e. The Morgan fingerprint density at radius 3 is 2.46 bits per heavy atom. The second-order valence-corrected chi connectivity index (χ2v) is 7.21. The maximum absolute atomic E-state index is 14.0. The van der Waals surface area contributed by atoms with E-state index >= 15 is 0 Å². The van der Waals surface area contributed by atoms with Gasteiger partial charge in [0.1, 0.15) is 0 Å². The van der Waals surface area contributed by atoms with Crippen LogP contribution in [0.15, 0.2) is 17.0 Å². The topological polar surface area (TPSA) is 102 Å². The van der Waals surface area contributed by atoms with Crippen LogP contribution in [0.25, 0.3) is 0 Å². The van der Waals surface area contributed by atoms with E-state index in [2.05, 4.69) is 10.1 Å². The fourth-order valence-corrected chi connectivity index (χ4v) is 4.02. The maximum atomic E-state index is 14.0. The number of piperidine rings is 1.